The van der Waals surface area contributed by atoms with Gasteiger partial charge in [0.1, 0.15) is 22.1 Å². The zero-order chi connectivity index (χ0) is 21.6. The number of nitrogens with one attached hydrogen (secondary N) is 1. The minimum Gasteiger partial charge on any atom is -0.507 e. The van der Waals surface area contributed by atoms with Crippen LogP contribution in [-0.2, 0) is 10.1 Å². The number of aromatic hydroxyl groups is 1. The van der Waals surface area contributed by atoms with Crippen molar-refractivity contribution in [3.63, 3.8) is 0 Å². The van der Waals surface area contributed by atoms with Crippen molar-refractivity contribution in [1.29, 1.82) is 0 Å². The highest BCUT2D eigenvalue weighted by molar-refractivity contribution is 7.87. The van der Waals surface area contributed by atoms with E-state index in [9.17, 15) is 18.3 Å². The molecule has 0 saturated heterocycles. The number of hydrogen-bond acceptors (Lipinski definition) is 7. The third-order valence-corrected chi connectivity index (χ3v) is 5.22. The van der Waals surface area contributed by atoms with Gasteiger partial charge in [-0.1, -0.05) is 12.1 Å². The van der Waals surface area contributed by atoms with Crippen LogP contribution in [0.2, 0.25) is 0 Å². The van der Waals surface area contributed by atoms with Crippen molar-refractivity contribution in [2.24, 2.45) is 5.10 Å². The Morgan fingerprint density at radius 1 is 0.967 bits per heavy atom. The molecule has 0 unspecified atom stereocenters. The molecule has 0 atom stereocenters. The summed E-state index contributed by atoms with van der Waals surface area (Å²) < 4.78 is 34.8. The number of hydrazone groups is 1. The molecule has 0 spiro atoms. The van der Waals surface area contributed by atoms with Crippen LogP contribution in [-0.4, -0.2) is 32.8 Å². The number of rotatable bonds is 7. The molecule has 0 aliphatic carbocycles. The zero-order valence-corrected chi connectivity index (χ0v) is 16.7. The van der Waals surface area contributed by atoms with Crippen molar-refractivity contribution >= 4 is 22.2 Å². The highest BCUT2D eigenvalue weighted by Crippen LogP contribution is 2.21. The van der Waals surface area contributed by atoms with Crippen molar-refractivity contribution < 1.29 is 27.2 Å². The number of carbonyl (C=O) groups is 1. The van der Waals surface area contributed by atoms with E-state index < -0.39 is 16.0 Å². The second-order valence-electron chi connectivity index (χ2n) is 6.00. The molecule has 0 aliphatic rings. The minimum absolute atomic E-state index is 0.000756. The fourth-order valence-corrected chi connectivity index (χ4v) is 3.35. The van der Waals surface area contributed by atoms with Gasteiger partial charge in [0.25, 0.3) is 5.91 Å². The number of amides is 1. The number of hydrogen-bond donors (Lipinski definition) is 2. The van der Waals surface area contributed by atoms with Gasteiger partial charge in [-0.2, -0.15) is 13.5 Å². The van der Waals surface area contributed by atoms with Gasteiger partial charge in [0.2, 0.25) is 0 Å². The number of ether oxygens (including phenoxy) is 1. The van der Waals surface area contributed by atoms with Crippen LogP contribution in [0.5, 0.6) is 17.2 Å². The molecule has 0 bridgehead atoms. The van der Waals surface area contributed by atoms with Crippen LogP contribution < -0.4 is 14.3 Å². The molecule has 3 rings (SSSR count). The summed E-state index contributed by atoms with van der Waals surface area (Å²) in [4.78, 5) is 12.0. The fraction of sp³-hybridized carbons (Fsp3) is 0.0476. The quantitative estimate of drug-likeness (QED) is 0.341. The molecule has 0 aromatic heterocycles. The Morgan fingerprint density at radius 2 is 1.60 bits per heavy atom. The topological polar surface area (TPSA) is 114 Å². The minimum atomic E-state index is -3.98. The molecule has 0 fully saturated rings. The molecule has 154 valence electrons. The molecule has 9 heteroatoms. The SMILES string of the molecule is COc1ccc(S(=O)(=O)Oc2ccc(/C=N/NC(=O)c3ccccc3O)cc2)cc1. The van der Waals surface area contributed by atoms with Crippen molar-refractivity contribution in [2.75, 3.05) is 7.11 Å². The van der Waals surface area contributed by atoms with E-state index in [0.29, 0.717) is 11.3 Å². The van der Waals surface area contributed by atoms with Gasteiger partial charge in [-0.05, 0) is 66.2 Å². The summed E-state index contributed by atoms with van der Waals surface area (Å²) in [6.07, 6.45) is 1.37. The average Bonchev–Trinajstić information content (AvgIpc) is 2.75. The van der Waals surface area contributed by atoms with E-state index >= 15 is 0 Å². The highest BCUT2D eigenvalue weighted by Gasteiger charge is 2.16. The highest BCUT2D eigenvalue weighted by atomic mass is 32.2. The maximum Gasteiger partial charge on any atom is 0.339 e. The Labute approximate surface area is 173 Å². The van der Waals surface area contributed by atoms with Crippen LogP contribution in [0.1, 0.15) is 15.9 Å². The summed E-state index contributed by atoms with van der Waals surface area (Å²) in [6.45, 7) is 0. The number of phenolic OH excluding ortho intramolecular Hbond substituents is 1. The van der Waals surface area contributed by atoms with E-state index in [4.69, 9.17) is 8.92 Å². The number of phenols is 1. The molecule has 1 amide bonds. The largest absolute Gasteiger partial charge is 0.507 e. The first-order valence-corrected chi connectivity index (χ1v) is 10.1. The Kier molecular flexibility index (Phi) is 6.33. The van der Waals surface area contributed by atoms with Gasteiger partial charge in [0.15, 0.2) is 0 Å². The first-order chi connectivity index (χ1) is 14.4. The lowest BCUT2D eigenvalue weighted by atomic mass is 10.2. The third-order valence-electron chi connectivity index (χ3n) is 3.96. The molecular weight excluding hydrogens is 408 g/mol. The summed E-state index contributed by atoms with van der Waals surface area (Å²) in [5.41, 5.74) is 3.00. The molecule has 3 aromatic carbocycles. The van der Waals surface area contributed by atoms with E-state index in [1.54, 1.807) is 24.3 Å². The zero-order valence-electron chi connectivity index (χ0n) is 15.8. The maximum absolute atomic E-state index is 12.3. The lowest BCUT2D eigenvalue weighted by Gasteiger charge is -2.08. The Hall–Kier alpha value is -3.85. The Morgan fingerprint density at radius 3 is 2.23 bits per heavy atom. The smallest absolute Gasteiger partial charge is 0.339 e. The summed E-state index contributed by atoms with van der Waals surface area (Å²) in [6, 6.07) is 18.0. The lowest BCUT2D eigenvalue weighted by Crippen LogP contribution is -2.17. The van der Waals surface area contributed by atoms with E-state index in [0.717, 1.165) is 0 Å². The van der Waals surface area contributed by atoms with E-state index in [2.05, 4.69) is 10.5 Å². The van der Waals surface area contributed by atoms with E-state index in [1.807, 2.05) is 0 Å². The predicted octanol–water partition coefficient (Wildman–Crippen LogP) is 2.93. The van der Waals surface area contributed by atoms with Crippen LogP contribution in [0.3, 0.4) is 0 Å². The van der Waals surface area contributed by atoms with Crippen LogP contribution in [0.25, 0.3) is 0 Å². The molecule has 0 saturated carbocycles. The molecular formula is C21H18N2O6S. The Balaban J connectivity index is 1.62. The lowest BCUT2D eigenvalue weighted by molar-refractivity contribution is 0.0952. The van der Waals surface area contributed by atoms with Gasteiger partial charge >= 0.3 is 10.1 Å². The first-order valence-electron chi connectivity index (χ1n) is 8.69. The van der Waals surface area contributed by atoms with Gasteiger partial charge in [0.05, 0.1) is 18.9 Å². The van der Waals surface area contributed by atoms with E-state index in [1.165, 1.54) is 61.9 Å². The monoisotopic (exact) mass is 426 g/mol. The van der Waals surface area contributed by atoms with Crippen molar-refractivity contribution in [3.8, 4) is 17.2 Å². The number of para-hydroxylation sites is 1. The maximum atomic E-state index is 12.3. The normalized spacial score (nSPS) is 11.2. The van der Waals surface area contributed by atoms with Crippen LogP contribution >= 0.6 is 0 Å². The average molecular weight is 426 g/mol. The number of nitrogens with zero attached hydrogens (tertiary/aromatic N) is 1. The van der Waals surface area contributed by atoms with Crippen molar-refractivity contribution in [3.05, 3.63) is 83.9 Å². The van der Waals surface area contributed by atoms with Gasteiger partial charge in [-0.3, -0.25) is 4.79 Å². The summed E-state index contributed by atoms with van der Waals surface area (Å²) in [7, 11) is -2.50. The second kappa shape index (κ2) is 9.10. The molecule has 2 N–H and O–H groups in total. The van der Waals surface area contributed by atoms with Gasteiger partial charge in [0, 0.05) is 0 Å². The van der Waals surface area contributed by atoms with Gasteiger partial charge in [-0.15, -0.1) is 0 Å². The first kappa shape index (κ1) is 20.9. The van der Waals surface area contributed by atoms with Crippen molar-refractivity contribution in [2.45, 2.75) is 4.90 Å². The fourth-order valence-electron chi connectivity index (χ4n) is 2.42. The molecule has 0 radical (unpaired) electrons. The predicted molar refractivity (Wildman–Crippen MR) is 110 cm³/mol. The number of carbonyl (C=O) groups excluding carboxylic acids is 1. The molecule has 30 heavy (non-hydrogen) atoms. The van der Waals surface area contributed by atoms with E-state index in [-0.39, 0.29) is 22.0 Å². The summed E-state index contributed by atoms with van der Waals surface area (Å²) in [5.74, 6) is -0.0481. The standard InChI is InChI=1S/C21H18N2O6S/c1-28-16-10-12-18(13-11-16)30(26,27)29-17-8-6-15(7-9-17)14-22-23-21(25)19-4-2-3-5-20(19)24/h2-14,24H,1H3,(H,23,25)/b22-14+. The summed E-state index contributed by atoms with van der Waals surface area (Å²) in [5, 5.41) is 13.5. The van der Waals surface area contributed by atoms with Crippen molar-refractivity contribution in [1.82, 2.24) is 5.43 Å². The molecule has 0 heterocycles. The number of methoxy groups -OCH3 is 1. The second-order valence-corrected chi connectivity index (χ2v) is 7.54. The van der Waals surface area contributed by atoms with Gasteiger partial charge < -0.3 is 14.0 Å². The summed E-state index contributed by atoms with van der Waals surface area (Å²) >= 11 is 0. The molecule has 3 aromatic rings. The molecule has 0 aliphatic heterocycles. The number of benzene rings is 3. The Bertz CT molecular complexity index is 1160. The van der Waals surface area contributed by atoms with Crippen LogP contribution in [0.4, 0.5) is 0 Å². The third kappa shape index (κ3) is 5.15. The van der Waals surface area contributed by atoms with Crippen LogP contribution in [0.15, 0.2) is 82.8 Å². The molecule has 8 nitrogen and oxygen atoms in total. The van der Waals surface area contributed by atoms with Gasteiger partial charge in [-0.25, -0.2) is 5.43 Å². The van der Waals surface area contributed by atoms with Crippen LogP contribution in [0, 0.1) is 0 Å².